The fourth-order valence-corrected chi connectivity index (χ4v) is 3.99. The Labute approximate surface area is 363 Å². The van der Waals surface area contributed by atoms with Crippen LogP contribution < -0.4 is 0 Å². The molecule has 0 aromatic heterocycles. The molecule has 1 aliphatic carbocycles. The molecular weight excluding hydrogens is 832 g/mol. The third kappa shape index (κ3) is 24.0. The minimum atomic E-state index is -1.03. The first-order valence-corrected chi connectivity index (χ1v) is 17.0. The second-order valence-electron chi connectivity index (χ2n) is 10.6. The lowest BCUT2D eigenvalue weighted by atomic mass is 9.71. The SMILES string of the molecule is COC(=O)/C=C/C=C/C(=O)OC.COC(=O)/C=C\C=C/C(=O)OC.COC(=O)/C=C\C=C\C(=O)OC.COC(=O)[C@H]1C=C[C@@H](C(=O)OC)[C@H]2C(=O)OC(=O)[C@H]21.O=C1C=CC(=O)O1.[2H][3H].[2H][3H].[2H][3H]. The van der Waals surface area contributed by atoms with Crippen LogP contribution in [0.25, 0.3) is 0 Å². The lowest BCUT2D eigenvalue weighted by Crippen LogP contribution is -2.40. The first kappa shape index (κ1) is 50.1. The molecule has 0 aromatic carbocycles. The zero-order chi connectivity index (χ0) is 53.6. The highest BCUT2D eigenvalue weighted by Gasteiger charge is 2.56. The molecule has 3 aliphatic rings. The fourth-order valence-electron chi connectivity index (χ4n) is 3.99. The summed E-state index contributed by atoms with van der Waals surface area (Å²) in [5.41, 5.74) is 0. The Morgan fingerprint density at radius 2 is 0.661 bits per heavy atom. The molecule has 22 nitrogen and oxygen atoms in total. The van der Waals surface area contributed by atoms with Gasteiger partial charge < -0.3 is 47.4 Å². The predicted octanol–water partition coefficient (Wildman–Crippen LogP) is 1.15. The molecule has 0 radical (unpaired) electrons. The highest BCUT2D eigenvalue weighted by molar-refractivity contribution is 6.05. The third-order valence-electron chi connectivity index (χ3n) is 6.87. The van der Waals surface area contributed by atoms with Crippen LogP contribution in [0, 0.1) is 23.7 Å². The largest absolute Gasteiger partial charge is 0.469 e. The number of carbonyl (C=O) groups is 12. The number of cyclic esters (lactones) is 4. The molecule has 3 rings (SSSR count). The van der Waals surface area contributed by atoms with Crippen LogP contribution in [0.15, 0.2) is 97.2 Å². The lowest BCUT2D eigenvalue weighted by molar-refractivity contribution is -0.157. The molecule has 2 heterocycles. The van der Waals surface area contributed by atoms with E-state index in [-0.39, 0.29) is 0 Å². The zero-order valence-corrected chi connectivity index (χ0v) is 34.5. The van der Waals surface area contributed by atoms with Crippen LogP contribution in [0.4, 0.5) is 0 Å². The Balaban J connectivity index is -0.000000243. The average Bonchev–Trinajstić information content (AvgIpc) is 3.91. The summed E-state index contributed by atoms with van der Waals surface area (Å²) < 4.78 is 73.5. The Hall–Kier alpha value is -8.04. The van der Waals surface area contributed by atoms with Crippen LogP contribution in [-0.2, 0) is 105 Å². The summed E-state index contributed by atoms with van der Waals surface area (Å²) in [7, 11) is 10.0. The zero-order valence-electron chi connectivity index (χ0n) is 40.5. The summed E-state index contributed by atoms with van der Waals surface area (Å²) in [6.07, 6.45) is 20.5. The molecule has 62 heavy (non-hydrogen) atoms. The quantitative estimate of drug-likeness (QED) is 0.0701. The summed E-state index contributed by atoms with van der Waals surface area (Å²) in [4.78, 5) is 129. The fraction of sp³-hybridized carbons (Fsp3) is 0.300. The van der Waals surface area contributed by atoms with E-state index in [2.05, 4.69) is 47.4 Å². The van der Waals surface area contributed by atoms with Gasteiger partial charge in [0, 0.05) is 57.5 Å². The van der Waals surface area contributed by atoms with Crippen LogP contribution in [0.5, 0.6) is 0 Å². The molecular formula is C40H50O22. The molecule has 0 saturated carbocycles. The molecule has 0 N–H and O–H groups in total. The number of allylic oxidation sites excluding steroid dienone is 6. The van der Waals surface area contributed by atoms with Crippen molar-refractivity contribution < 1.29 is 114 Å². The number of ether oxygens (including phenoxy) is 10. The molecule has 1 fully saturated rings. The van der Waals surface area contributed by atoms with Gasteiger partial charge in [-0.25, -0.2) is 38.4 Å². The Morgan fingerprint density at radius 3 is 0.823 bits per heavy atom. The first-order valence-electron chi connectivity index (χ1n) is 20.0. The standard InChI is InChI=1S/C12H12O7.3C8H10O4.C4H2O3.3H2/c1-17-9(13)5-3-4-6(10(14)18-2)8-7(5)11(15)19-12(8)16;3*1-11-7(9)5-3-4-6-8(10)12-2;5-3-1-2-4(6)7-3;;;/h3-8H,1-2H3;3*3-6H,1-2H3;1-2H;3*1H/b;5-3+,6-4+;5-3-,6-4+;5-3-,6-4-;;;;/t5-,6+,7-,8+;;;;;;;/i;;;;;3*1+2D. The Bertz CT molecular complexity index is 1660. The normalized spacial score (nSPS) is 18.5. The van der Waals surface area contributed by atoms with E-state index in [1.54, 1.807) is 0 Å². The van der Waals surface area contributed by atoms with E-state index in [4.69, 9.17) is 8.91 Å². The van der Waals surface area contributed by atoms with E-state index in [1.165, 1.54) is 142 Å². The number of carbonyl (C=O) groups excluding carboxylic acids is 12. The number of rotatable bonds is 11. The van der Waals surface area contributed by atoms with Crippen molar-refractivity contribution in [3.8, 4) is 0 Å². The van der Waals surface area contributed by atoms with E-state index >= 15 is 0 Å². The second kappa shape index (κ2) is 32.9. The van der Waals surface area contributed by atoms with Gasteiger partial charge in [0.15, 0.2) is 0 Å². The van der Waals surface area contributed by atoms with Crippen molar-refractivity contribution in [2.45, 2.75) is 0 Å². The molecule has 0 amide bonds. The molecule has 22 heteroatoms. The van der Waals surface area contributed by atoms with Gasteiger partial charge in [-0.2, -0.15) is 0 Å². The van der Waals surface area contributed by atoms with Gasteiger partial charge in [0.2, 0.25) is 0 Å². The maximum absolute atomic E-state index is 11.7. The van der Waals surface area contributed by atoms with Crippen LogP contribution in [-0.4, -0.2) is 129 Å². The highest BCUT2D eigenvalue weighted by atomic mass is 16.6. The third-order valence-corrected chi connectivity index (χ3v) is 6.87. The van der Waals surface area contributed by atoms with Crippen molar-refractivity contribution in [2.24, 2.45) is 23.7 Å². The lowest BCUT2D eigenvalue weighted by Gasteiger charge is -2.27. The van der Waals surface area contributed by atoms with Gasteiger partial charge in [0.1, 0.15) is 0 Å². The van der Waals surface area contributed by atoms with Crippen LogP contribution in [0.1, 0.15) is 8.91 Å². The van der Waals surface area contributed by atoms with Crippen molar-refractivity contribution in [1.29, 1.82) is 0 Å². The van der Waals surface area contributed by atoms with Crippen LogP contribution >= 0.6 is 0 Å². The Morgan fingerprint density at radius 1 is 0.435 bits per heavy atom. The molecule has 0 bridgehead atoms. The molecule has 0 unspecified atom stereocenters. The predicted molar refractivity (Wildman–Crippen MR) is 212 cm³/mol. The van der Waals surface area contributed by atoms with Gasteiger partial charge in [0.25, 0.3) is 0 Å². The van der Waals surface area contributed by atoms with Gasteiger partial charge in [-0.3, -0.25) is 19.2 Å². The number of hydrogen-bond acceptors (Lipinski definition) is 22. The number of fused-ring (bicyclic) bond motifs is 1. The molecule has 1 saturated heterocycles. The summed E-state index contributed by atoms with van der Waals surface area (Å²) in [5.74, 6) is -10.8. The average molecular weight is 892 g/mol. The number of esters is 12. The van der Waals surface area contributed by atoms with Crippen molar-refractivity contribution in [2.75, 3.05) is 56.9 Å². The van der Waals surface area contributed by atoms with E-state index in [0.717, 1.165) is 12.2 Å². The summed E-state index contributed by atoms with van der Waals surface area (Å²) in [5, 5.41) is 0. The molecule has 2 aliphatic heterocycles. The summed E-state index contributed by atoms with van der Waals surface area (Å²) in [6, 6.07) is 0. The maximum atomic E-state index is 11.7. The number of hydrogen-bond donors (Lipinski definition) is 0. The van der Waals surface area contributed by atoms with E-state index in [0.29, 0.717) is 0 Å². The summed E-state index contributed by atoms with van der Waals surface area (Å²) >= 11 is 0. The second-order valence-corrected chi connectivity index (χ2v) is 10.6. The minimum Gasteiger partial charge on any atom is -0.469 e. The Kier molecular flexibility index (Phi) is 26.6. The van der Waals surface area contributed by atoms with E-state index in [9.17, 15) is 57.5 Å². The van der Waals surface area contributed by atoms with Crippen molar-refractivity contribution in [3.63, 3.8) is 0 Å². The van der Waals surface area contributed by atoms with Crippen molar-refractivity contribution in [1.82, 2.24) is 0 Å². The van der Waals surface area contributed by atoms with E-state index < -0.39 is 95.3 Å². The van der Waals surface area contributed by atoms with Gasteiger partial charge in [-0.15, -0.1) is 0 Å². The van der Waals surface area contributed by atoms with Crippen LogP contribution in [0.2, 0.25) is 0 Å². The molecule has 4 atom stereocenters. The van der Waals surface area contributed by atoms with Crippen molar-refractivity contribution >= 4 is 71.6 Å². The minimum absolute atomic E-state index is 0.468. The maximum Gasteiger partial charge on any atom is 0.338 e. The number of methoxy groups -OCH3 is 8. The smallest absolute Gasteiger partial charge is 0.338 e. The first-order chi connectivity index (χ1) is 32.4. The topological polar surface area (TPSA) is 297 Å². The molecule has 0 aromatic rings. The van der Waals surface area contributed by atoms with Crippen LogP contribution in [0.3, 0.4) is 0 Å². The monoisotopic (exact) mass is 891 g/mol. The van der Waals surface area contributed by atoms with Gasteiger partial charge in [0.05, 0.1) is 80.6 Å². The van der Waals surface area contributed by atoms with E-state index in [1.807, 2.05) is 0 Å². The molecule has 342 valence electrons. The van der Waals surface area contributed by atoms with Gasteiger partial charge in [-0.05, 0) is 0 Å². The summed E-state index contributed by atoms with van der Waals surface area (Å²) in [6.45, 7) is 0. The van der Waals surface area contributed by atoms with Gasteiger partial charge >= 0.3 is 71.6 Å². The highest BCUT2D eigenvalue weighted by Crippen LogP contribution is 2.41. The molecule has 0 spiro atoms. The van der Waals surface area contributed by atoms with Gasteiger partial charge in [-0.1, -0.05) is 48.6 Å². The van der Waals surface area contributed by atoms with Crippen molar-refractivity contribution in [3.05, 3.63) is 97.2 Å².